The number of nitrogens with one attached hydrogen (secondary N) is 2. The van der Waals surface area contributed by atoms with E-state index in [1.807, 2.05) is 30.3 Å². The van der Waals surface area contributed by atoms with Crippen LogP contribution in [0.5, 0.6) is 0 Å². The minimum Gasteiger partial charge on any atom is -0.445 e. The summed E-state index contributed by atoms with van der Waals surface area (Å²) in [4.78, 5) is 23.4. The molecule has 120 valence electrons. The third-order valence-corrected chi connectivity index (χ3v) is 3.81. The van der Waals surface area contributed by atoms with Crippen molar-refractivity contribution < 1.29 is 14.3 Å². The second kappa shape index (κ2) is 8.38. The summed E-state index contributed by atoms with van der Waals surface area (Å²) in [6.45, 7) is 0.195. The van der Waals surface area contributed by atoms with Crippen molar-refractivity contribution in [3.63, 3.8) is 0 Å². The molecule has 0 unspecified atom stereocenters. The van der Waals surface area contributed by atoms with Crippen LogP contribution in [0.25, 0.3) is 0 Å². The molecule has 1 fully saturated rings. The van der Waals surface area contributed by atoms with Crippen molar-refractivity contribution in [3.05, 3.63) is 35.9 Å². The molecule has 22 heavy (non-hydrogen) atoms. The number of nitrogens with two attached hydrogens (primary N) is 1. The Labute approximate surface area is 130 Å². The minimum atomic E-state index is -0.456. The van der Waals surface area contributed by atoms with E-state index < -0.39 is 6.09 Å². The highest BCUT2D eigenvalue weighted by Crippen LogP contribution is 2.18. The normalized spacial score (nSPS) is 21.0. The fourth-order valence-electron chi connectivity index (χ4n) is 2.66. The van der Waals surface area contributed by atoms with E-state index in [0.29, 0.717) is 0 Å². The molecule has 2 amide bonds. The molecule has 4 N–H and O–H groups in total. The average Bonchev–Trinajstić information content (AvgIpc) is 2.55. The fraction of sp³-hybridized carbons (Fsp3) is 0.500. The van der Waals surface area contributed by atoms with Gasteiger partial charge >= 0.3 is 6.09 Å². The smallest absolute Gasteiger partial charge is 0.407 e. The molecule has 1 aromatic carbocycles. The molecule has 1 aliphatic carbocycles. The van der Waals surface area contributed by atoms with Gasteiger partial charge in [-0.1, -0.05) is 43.2 Å². The summed E-state index contributed by atoms with van der Waals surface area (Å²) in [7, 11) is 0. The highest BCUT2D eigenvalue weighted by molar-refractivity contribution is 5.78. The van der Waals surface area contributed by atoms with Gasteiger partial charge < -0.3 is 21.1 Å². The number of carbonyl (C=O) groups excluding carboxylic acids is 2. The molecular weight excluding hydrogens is 282 g/mol. The van der Waals surface area contributed by atoms with Crippen LogP contribution in [0, 0.1) is 0 Å². The van der Waals surface area contributed by atoms with E-state index in [0.717, 1.165) is 31.2 Å². The number of rotatable bonds is 5. The van der Waals surface area contributed by atoms with Crippen LogP contribution in [0.1, 0.15) is 31.2 Å². The Balaban J connectivity index is 1.81. The van der Waals surface area contributed by atoms with Crippen molar-refractivity contribution >= 4 is 12.0 Å². The van der Waals surface area contributed by atoms with Crippen LogP contribution in [-0.2, 0) is 16.1 Å². The lowest BCUT2D eigenvalue weighted by Gasteiger charge is -2.32. The molecule has 0 radical (unpaired) electrons. The van der Waals surface area contributed by atoms with Gasteiger partial charge in [-0.05, 0) is 18.4 Å². The predicted molar refractivity (Wildman–Crippen MR) is 83.0 cm³/mol. The standard InChI is InChI=1S/C16H23N3O3/c17-10-15(20)18-13-8-4-5-9-14(13)19-16(21)22-11-12-6-2-1-3-7-12/h1-3,6-7,13-14H,4-5,8-11,17H2,(H,18,20)(H,19,21)/t13-,14-/m0/s1. The first-order chi connectivity index (χ1) is 10.7. The Morgan fingerprint density at radius 3 is 2.36 bits per heavy atom. The highest BCUT2D eigenvalue weighted by atomic mass is 16.5. The molecule has 0 heterocycles. The summed E-state index contributed by atoms with van der Waals surface area (Å²) in [5.41, 5.74) is 6.26. The summed E-state index contributed by atoms with van der Waals surface area (Å²) in [5.74, 6) is -0.198. The van der Waals surface area contributed by atoms with Gasteiger partial charge in [0.05, 0.1) is 12.6 Å². The van der Waals surface area contributed by atoms with Gasteiger partial charge in [0, 0.05) is 6.04 Å². The summed E-state index contributed by atoms with van der Waals surface area (Å²) in [6, 6.07) is 9.33. The van der Waals surface area contributed by atoms with Crippen LogP contribution in [0.4, 0.5) is 4.79 Å². The molecular formula is C16H23N3O3. The van der Waals surface area contributed by atoms with E-state index in [1.165, 1.54) is 0 Å². The van der Waals surface area contributed by atoms with E-state index in [1.54, 1.807) is 0 Å². The van der Waals surface area contributed by atoms with Gasteiger partial charge in [-0.3, -0.25) is 4.79 Å². The second-order valence-electron chi connectivity index (χ2n) is 5.48. The maximum atomic E-state index is 11.9. The van der Waals surface area contributed by atoms with Crippen LogP contribution in [0.15, 0.2) is 30.3 Å². The van der Waals surface area contributed by atoms with Crippen molar-refractivity contribution in [3.8, 4) is 0 Å². The molecule has 0 saturated heterocycles. The maximum absolute atomic E-state index is 11.9. The van der Waals surface area contributed by atoms with Crippen LogP contribution >= 0.6 is 0 Å². The number of benzene rings is 1. The Morgan fingerprint density at radius 2 is 1.73 bits per heavy atom. The van der Waals surface area contributed by atoms with Crippen molar-refractivity contribution in [1.82, 2.24) is 10.6 Å². The molecule has 6 nitrogen and oxygen atoms in total. The quantitative estimate of drug-likeness (QED) is 0.764. The molecule has 0 bridgehead atoms. The molecule has 6 heteroatoms. The number of alkyl carbamates (subject to hydrolysis) is 1. The molecule has 2 rings (SSSR count). The van der Waals surface area contributed by atoms with Crippen molar-refractivity contribution in [2.24, 2.45) is 5.73 Å². The third kappa shape index (κ3) is 5.04. The van der Waals surface area contributed by atoms with E-state index in [4.69, 9.17) is 10.5 Å². The van der Waals surface area contributed by atoms with Crippen molar-refractivity contribution in [1.29, 1.82) is 0 Å². The molecule has 0 spiro atoms. The molecule has 1 saturated carbocycles. The van der Waals surface area contributed by atoms with Gasteiger partial charge in [-0.25, -0.2) is 4.79 Å². The SMILES string of the molecule is NCC(=O)N[C@H]1CCCC[C@@H]1NC(=O)OCc1ccccc1. The lowest BCUT2D eigenvalue weighted by atomic mass is 9.90. The summed E-state index contributed by atoms with van der Waals surface area (Å²) in [6.07, 6.45) is 3.28. The lowest BCUT2D eigenvalue weighted by molar-refractivity contribution is -0.120. The second-order valence-corrected chi connectivity index (χ2v) is 5.48. The van der Waals surface area contributed by atoms with Gasteiger partial charge in [-0.15, -0.1) is 0 Å². The summed E-state index contributed by atoms with van der Waals surface area (Å²) >= 11 is 0. The summed E-state index contributed by atoms with van der Waals surface area (Å²) in [5, 5.41) is 5.72. The number of hydrogen-bond donors (Lipinski definition) is 3. The predicted octanol–water partition coefficient (Wildman–Crippen LogP) is 1.30. The highest BCUT2D eigenvalue weighted by Gasteiger charge is 2.27. The monoisotopic (exact) mass is 305 g/mol. The van der Waals surface area contributed by atoms with Crippen LogP contribution in [0.2, 0.25) is 0 Å². The maximum Gasteiger partial charge on any atom is 0.407 e. The first-order valence-electron chi connectivity index (χ1n) is 7.65. The fourth-order valence-corrected chi connectivity index (χ4v) is 2.66. The van der Waals surface area contributed by atoms with Crippen LogP contribution in [0.3, 0.4) is 0 Å². The van der Waals surface area contributed by atoms with Gasteiger partial charge in [-0.2, -0.15) is 0 Å². The van der Waals surface area contributed by atoms with Gasteiger partial charge in [0.25, 0.3) is 0 Å². The minimum absolute atomic E-state index is 0.0400. The number of amides is 2. The van der Waals surface area contributed by atoms with E-state index >= 15 is 0 Å². The first-order valence-corrected chi connectivity index (χ1v) is 7.65. The lowest BCUT2D eigenvalue weighted by Crippen LogP contribution is -2.54. The Hall–Kier alpha value is -2.08. The van der Waals surface area contributed by atoms with Crippen molar-refractivity contribution in [2.75, 3.05) is 6.54 Å². The summed E-state index contributed by atoms with van der Waals surface area (Å²) < 4.78 is 5.22. The Morgan fingerprint density at radius 1 is 1.09 bits per heavy atom. The largest absolute Gasteiger partial charge is 0.445 e. The number of carbonyl (C=O) groups is 2. The van der Waals surface area contributed by atoms with Gasteiger partial charge in [0.15, 0.2) is 0 Å². The number of hydrogen-bond acceptors (Lipinski definition) is 4. The first kappa shape index (κ1) is 16.3. The molecule has 1 aromatic rings. The third-order valence-electron chi connectivity index (χ3n) is 3.81. The van der Waals surface area contributed by atoms with E-state index in [2.05, 4.69) is 10.6 Å². The Bertz CT molecular complexity index is 493. The van der Waals surface area contributed by atoms with E-state index in [-0.39, 0.29) is 31.1 Å². The Kier molecular flexibility index (Phi) is 6.21. The van der Waals surface area contributed by atoms with Crippen LogP contribution < -0.4 is 16.4 Å². The van der Waals surface area contributed by atoms with Crippen molar-refractivity contribution in [2.45, 2.75) is 44.4 Å². The molecule has 0 aromatic heterocycles. The van der Waals surface area contributed by atoms with Gasteiger partial charge in [0.2, 0.25) is 5.91 Å². The zero-order valence-electron chi connectivity index (χ0n) is 12.6. The number of ether oxygens (including phenoxy) is 1. The van der Waals surface area contributed by atoms with Gasteiger partial charge in [0.1, 0.15) is 6.61 Å². The van der Waals surface area contributed by atoms with E-state index in [9.17, 15) is 9.59 Å². The molecule has 1 aliphatic rings. The molecule has 0 aliphatic heterocycles. The molecule has 2 atom stereocenters. The zero-order valence-corrected chi connectivity index (χ0v) is 12.6. The van der Waals surface area contributed by atoms with Crippen LogP contribution in [-0.4, -0.2) is 30.6 Å². The topological polar surface area (TPSA) is 93.5 Å². The zero-order chi connectivity index (χ0) is 15.8. The average molecular weight is 305 g/mol.